The van der Waals surface area contributed by atoms with Gasteiger partial charge in [-0.15, -0.1) is 0 Å². The molecule has 15 heavy (non-hydrogen) atoms. The maximum Gasteiger partial charge on any atom is 0.0574 e. The lowest BCUT2D eigenvalue weighted by Crippen LogP contribution is -2.40. The van der Waals surface area contributed by atoms with Crippen molar-refractivity contribution in [2.24, 2.45) is 23.7 Å². The summed E-state index contributed by atoms with van der Waals surface area (Å²) in [6, 6.07) is 0. The van der Waals surface area contributed by atoms with E-state index in [9.17, 15) is 5.11 Å². The molecular formula is C14H24O. The number of allylic oxidation sites excluding steroid dienone is 2. The molecule has 2 rings (SSSR count). The van der Waals surface area contributed by atoms with Gasteiger partial charge in [0, 0.05) is 0 Å². The van der Waals surface area contributed by atoms with Crippen LogP contribution in [-0.2, 0) is 0 Å². The molecule has 0 aromatic carbocycles. The predicted molar refractivity (Wildman–Crippen MR) is 63.5 cm³/mol. The third-order valence-corrected chi connectivity index (χ3v) is 4.48. The van der Waals surface area contributed by atoms with E-state index in [4.69, 9.17) is 0 Å². The summed E-state index contributed by atoms with van der Waals surface area (Å²) in [4.78, 5) is 0. The van der Waals surface area contributed by atoms with Crippen molar-refractivity contribution < 1.29 is 5.11 Å². The fourth-order valence-electron chi connectivity index (χ4n) is 3.56. The Morgan fingerprint density at radius 1 is 1.27 bits per heavy atom. The zero-order chi connectivity index (χ0) is 11.0. The molecular weight excluding hydrogens is 184 g/mol. The zero-order valence-corrected chi connectivity index (χ0v) is 10.2. The first kappa shape index (κ1) is 11.2. The molecule has 1 saturated carbocycles. The van der Waals surface area contributed by atoms with Crippen molar-refractivity contribution >= 4 is 0 Å². The molecule has 1 unspecified atom stereocenters. The van der Waals surface area contributed by atoms with Crippen LogP contribution in [0.1, 0.15) is 46.5 Å². The molecule has 2 aliphatic carbocycles. The summed E-state index contributed by atoms with van der Waals surface area (Å²) in [5, 5.41) is 10.1. The first-order chi connectivity index (χ1) is 7.09. The molecule has 0 saturated heterocycles. The maximum atomic E-state index is 10.1. The second-order valence-electron chi connectivity index (χ2n) is 5.85. The summed E-state index contributed by atoms with van der Waals surface area (Å²) in [6.45, 7) is 6.91. The Bertz CT molecular complexity index is 254. The summed E-state index contributed by atoms with van der Waals surface area (Å²) in [5.41, 5.74) is 1.54. The van der Waals surface area contributed by atoms with E-state index in [-0.39, 0.29) is 6.10 Å². The Kier molecular flexibility index (Phi) is 3.20. The van der Waals surface area contributed by atoms with Gasteiger partial charge in [-0.1, -0.05) is 25.5 Å². The summed E-state index contributed by atoms with van der Waals surface area (Å²) < 4.78 is 0. The Balaban J connectivity index is 2.20. The van der Waals surface area contributed by atoms with Gasteiger partial charge in [0.1, 0.15) is 0 Å². The number of fused-ring (bicyclic) bond motifs is 1. The summed E-state index contributed by atoms with van der Waals surface area (Å²) in [5.74, 6) is 2.76. The van der Waals surface area contributed by atoms with Crippen LogP contribution in [0.15, 0.2) is 11.6 Å². The van der Waals surface area contributed by atoms with Crippen molar-refractivity contribution in [1.82, 2.24) is 0 Å². The first-order valence-corrected chi connectivity index (χ1v) is 6.45. The molecule has 4 atom stereocenters. The van der Waals surface area contributed by atoms with Crippen molar-refractivity contribution in [1.29, 1.82) is 0 Å². The van der Waals surface area contributed by atoms with Crippen LogP contribution in [0.4, 0.5) is 0 Å². The quantitative estimate of drug-likeness (QED) is 0.655. The number of aliphatic hydroxyl groups excluding tert-OH is 1. The largest absolute Gasteiger partial charge is 0.393 e. The molecule has 0 spiro atoms. The minimum Gasteiger partial charge on any atom is -0.393 e. The van der Waals surface area contributed by atoms with Crippen LogP contribution in [0.25, 0.3) is 0 Å². The molecule has 1 N–H and O–H groups in total. The number of rotatable bonds is 1. The second kappa shape index (κ2) is 4.29. The molecule has 0 bridgehead atoms. The fourth-order valence-corrected chi connectivity index (χ4v) is 3.56. The van der Waals surface area contributed by atoms with E-state index in [2.05, 4.69) is 26.8 Å². The molecule has 0 radical (unpaired) electrons. The van der Waals surface area contributed by atoms with Gasteiger partial charge >= 0.3 is 0 Å². The van der Waals surface area contributed by atoms with Gasteiger partial charge < -0.3 is 5.11 Å². The summed E-state index contributed by atoms with van der Waals surface area (Å²) >= 11 is 0. The Labute approximate surface area is 93.6 Å². The predicted octanol–water partition coefficient (Wildman–Crippen LogP) is 3.39. The van der Waals surface area contributed by atoms with E-state index in [1.165, 1.54) is 24.8 Å². The number of hydrogen-bond acceptors (Lipinski definition) is 1. The summed E-state index contributed by atoms with van der Waals surface area (Å²) in [7, 11) is 0. The molecule has 1 fully saturated rings. The Morgan fingerprint density at radius 3 is 2.67 bits per heavy atom. The smallest absolute Gasteiger partial charge is 0.0574 e. The maximum absolute atomic E-state index is 10.1. The van der Waals surface area contributed by atoms with E-state index in [0.29, 0.717) is 11.8 Å². The molecule has 1 nitrogen and oxygen atoms in total. The van der Waals surface area contributed by atoms with E-state index in [1.54, 1.807) is 0 Å². The van der Waals surface area contributed by atoms with Gasteiger partial charge in [0.2, 0.25) is 0 Å². The van der Waals surface area contributed by atoms with Gasteiger partial charge in [0.15, 0.2) is 0 Å². The highest BCUT2D eigenvalue weighted by atomic mass is 16.3. The molecule has 0 aromatic heterocycles. The first-order valence-electron chi connectivity index (χ1n) is 6.45. The fraction of sp³-hybridized carbons (Fsp3) is 0.857. The normalized spacial score (nSPS) is 41.3. The Hall–Kier alpha value is -0.300. The molecule has 2 aliphatic rings. The van der Waals surface area contributed by atoms with Crippen LogP contribution in [0.3, 0.4) is 0 Å². The lowest BCUT2D eigenvalue weighted by atomic mass is 9.63. The third-order valence-electron chi connectivity index (χ3n) is 4.48. The van der Waals surface area contributed by atoms with Crippen LogP contribution in [0.2, 0.25) is 0 Å². The van der Waals surface area contributed by atoms with Crippen molar-refractivity contribution in [3.63, 3.8) is 0 Å². The van der Waals surface area contributed by atoms with Crippen molar-refractivity contribution in [2.45, 2.75) is 52.6 Å². The molecule has 86 valence electrons. The number of hydrogen-bond donors (Lipinski definition) is 1. The van der Waals surface area contributed by atoms with E-state index < -0.39 is 0 Å². The van der Waals surface area contributed by atoms with Crippen LogP contribution < -0.4 is 0 Å². The van der Waals surface area contributed by atoms with Gasteiger partial charge in [-0.3, -0.25) is 0 Å². The van der Waals surface area contributed by atoms with E-state index in [0.717, 1.165) is 18.3 Å². The van der Waals surface area contributed by atoms with Crippen LogP contribution in [-0.4, -0.2) is 11.2 Å². The highest BCUT2D eigenvalue weighted by Gasteiger charge is 2.39. The molecule has 0 aliphatic heterocycles. The van der Waals surface area contributed by atoms with Crippen molar-refractivity contribution in [3.05, 3.63) is 11.6 Å². The van der Waals surface area contributed by atoms with Crippen molar-refractivity contribution in [2.75, 3.05) is 0 Å². The van der Waals surface area contributed by atoms with Crippen LogP contribution in [0.5, 0.6) is 0 Å². The number of aliphatic hydroxyl groups is 1. The molecule has 0 aromatic rings. The van der Waals surface area contributed by atoms with Gasteiger partial charge in [-0.05, 0) is 56.3 Å². The zero-order valence-electron chi connectivity index (χ0n) is 10.2. The monoisotopic (exact) mass is 208 g/mol. The summed E-state index contributed by atoms with van der Waals surface area (Å²) in [6.07, 6.45) is 7.07. The standard InChI is InChI=1S/C14H24O/c1-9(2)11-6-7-14(15)12-5-4-10(3)8-13(11)12/h8-9,11-15H,4-7H2,1-3H3/t11-,12+,13-,14?/m1/s1. The highest BCUT2D eigenvalue weighted by Crippen LogP contribution is 2.45. The van der Waals surface area contributed by atoms with Gasteiger partial charge in [0.05, 0.1) is 6.10 Å². The van der Waals surface area contributed by atoms with Gasteiger partial charge in [0.25, 0.3) is 0 Å². The average Bonchev–Trinajstić information content (AvgIpc) is 2.17. The molecule has 0 heterocycles. The van der Waals surface area contributed by atoms with Gasteiger partial charge in [-0.25, -0.2) is 0 Å². The van der Waals surface area contributed by atoms with E-state index in [1.807, 2.05) is 0 Å². The SMILES string of the molecule is CC1=C[C@@H]2[C@@H](C(C)C)CCC(O)[C@H]2CC1. The molecule has 0 amide bonds. The third kappa shape index (κ3) is 2.13. The Morgan fingerprint density at radius 2 is 2.00 bits per heavy atom. The average molecular weight is 208 g/mol. The molecule has 1 heteroatoms. The van der Waals surface area contributed by atoms with Crippen LogP contribution >= 0.6 is 0 Å². The van der Waals surface area contributed by atoms with Crippen molar-refractivity contribution in [3.8, 4) is 0 Å². The minimum atomic E-state index is -0.0330. The van der Waals surface area contributed by atoms with Crippen LogP contribution in [0, 0.1) is 23.7 Å². The highest BCUT2D eigenvalue weighted by molar-refractivity contribution is 5.11. The minimum absolute atomic E-state index is 0.0330. The topological polar surface area (TPSA) is 20.2 Å². The lowest BCUT2D eigenvalue weighted by molar-refractivity contribution is -0.000989. The second-order valence-corrected chi connectivity index (χ2v) is 5.85. The van der Waals surface area contributed by atoms with E-state index >= 15 is 0 Å². The van der Waals surface area contributed by atoms with Gasteiger partial charge in [-0.2, -0.15) is 0 Å². The lowest BCUT2D eigenvalue weighted by Gasteiger charge is -2.44.